The fourth-order valence-electron chi connectivity index (χ4n) is 2.15. The molecule has 4 nitrogen and oxygen atoms in total. The highest BCUT2D eigenvalue weighted by Crippen LogP contribution is 2.23. The van der Waals surface area contributed by atoms with Crippen molar-refractivity contribution in [1.82, 2.24) is 5.32 Å². The van der Waals surface area contributed by atoms with Gasteiger partial charge in [0.2, 0.25) is 0 Å². The second kappa shape index (κ2) is 4.57. The van der Waals surface area contributed by atoms with E-state index in [1.165, 1.54) is 0 Å². The van der Waals surface area contributed by atoms with Crippen LogP contribution in [-0.4, -0.2) is 11.8 Å². The van der Waals surface area contributed by atoms with Crippen LogP contribution in [0.1, 0.15) is 22.0 Å². The van der Waals surface area contributed by atoms with Crippen molar-refractivity contribution < 1.29 is 9.59 Å². The maximum absolute atomic E-state index is 12.2. The van der Waals surface area contributed by atoms with E-state index in [1.807, 2.05) is 30.3 Å². The average Bonchev–Trinajstić information content (AvgIpc) is 2.57. The lowest BCUT2D eigenvalue weighted by Crippen LogP contribution is -2.33. The van der Waals surface area contributed by atoms with Crippen molar-refractivity contribution in [3.63, 3.8) is 0 Å². The molecule has 94 valence electrons. The largest absolute Gasteiger partial charge is 0.336 e. The van der Waals surface area contributed by atoms with Crippen molar-refractivity contribution in [3.8, 4) is 0 Å². The van der Waals surface area contributed by atoms with Crippen molar-refractivity contribution in [3.05, 3.63) is 65.7 Å². The summed E-state index contributed by atoms with van der Waals surface area (Å²) in [5, 5.41) is 5.53. The molecule has 1 atom stereocenters. The van der Waals surface area contributed by atoms with E-state index in [9.17, 15) is 9.59 Å². The van der Waals surface area contributed by atoms with Crippen molar-refractivity contribution in [1.29, 1.82) is 0 Å². The maximum Gasteiger partial charge on any atom is 0.254 e. The van der Waals surface area contributed by atoms with Crippen LogP contribution in [-0.2, 0) is 4.79 Å². The molecule has 3 rings (SSSR count). The minimum atomic E-state index is -0.666. The second-order valence-electron chi connectivity index (χ2n) is 4.35. The number of benzene rings is 2. The number of hydrogen-bond donors (Lipinski definition) is 2. The normalized spacial score (nSPS) is 18.0. The van der Waals surface area contributed by atoms with Crippen LogP contribution in [0.4, 0.5) is 5.69 Å². The molecule has 0 saturated carbocycles. The van der Waals surface area contributed by atoms with E-state index in [-0.39, 0.29) is 11.8 Å². The predicted octanol–water partition coefficient (Wildman–Crippen LogP) is 2.11. The van der Waals surface area contributed by atoms with E-state index >= 15 is 0 Å². The lowest BCUT2D eigenvalue weighted by atomic mass is 10.1. The van der Waals surface area contributed by atoms with Crippen LogP contribution in [0.5, 0.6) is 0 Å². The first-order valence-corrected chi connectivity index (χ1v) is 6.01. The van der Waals surface area contributed by atoms with Crippen LogP contribution >= 0.6 is 0 Å². The Labute approximate surface area is 110 Å². The third-order valence-electron chi connectivity index (χ3n) is 3.10. The lowest BCUT2D eigenvalue weighted by Gasteiger charge is -2.14. The summed E-state index contributed by atoms with van der Waals surface area (Å²) < 4.78 is 0. The molecule has 0 aromatic heterocycles. The summed E-state index contributed by atoms with van der Waals surface area (Å²) in [5.74, 6) is -0.479. The molecule has 0 radical (unpaired) electrons. The Kier molecular flexibility index (Phi) is 2.76. The van der Waals surface area contributed by atoms with Gasteiger partial charge >= 0.3 is 0 Å². The predicted molar refractivity (Wildman–Crippen MR) is 71.7 cm³/mol. The van der Waals surface area contributed by atoms with E-state index in [1.54, 1.807) is 24.3 Å². The zero-order valence-corrected chi connectivity index (χ0v) is 10.1. The fourth-order valence-corrected chi connectivity index (χ4v) is 2.15. The Bertz CT molecular complexity index is 638. The second-order valence-corrected chi connectivity index (χ2v) is 4.35. The SMILES string of the molecule is O=C1N[C@H](c2ccccc2)C(=O)Nc2ccccc21. The standard InChI is InChI=1S/C15H12N2O2/c18-14-11-8-4-5-9-12(11)16-15(19)13(17-14)10-6-2-1-3-7-10/h1-9,13H,(H,16,19)(H,17,18)/t13-/m1/s1. The highest BCUT2D eigenvalue weighted by molar-refractivity contribution is 6.10. The summed E-state index contributed by atoms with van der Waals surface area (Å²) >= 11 is 0. The Morgan fingerprint density at radius 3 is 2.32 bits per heavy atom. The van der Waals surface area contributed by atoms with Crippen molar-refractivity contribution in [2.45, 2.75) is 6.04 Å². The van der Waals surface area contributed by atoms with Crippen LogP contribution in [0.15, 0.2) is 54.6 Å². The monoisotopic (exact) mass is 252 g/mol. The van der Waals surface area contributed by atoms with Crippen LogP contribution in [0.25, 0.3) is 0 Å². The number of para-hydroxylation sites is 1. The van der Waals surface area contributed by atoms with Gasteiger partial charge in [-0.25, -0.2) is 0 Å². The average molecular weight is 252 g/mol. The Hall–Kier alpha value is -2.62. The molecule has 4 heteroatoms. The maximum atomic E-state index is 12.2. The third kappa shape index (κ3) is 2.08. The molecule has 0 aliphatic carbocycles. The van der Waals surface area contributed by atoms with E-state index < -0.39 is 6.04 Å². The van der Waals surface area contributed by atoms with Gasteiger partial charge in [-0.15, -0.1) is 0 Å². The number of carbonyl (C=O) groups excluding carboxylic acids is 2. The van der Waals surface area contributed by atoms with Crippen molar-refractivity contribution in [2.75, 3.05) is 5.32 Å². The van der Waals surface area contributed by atoms with Gasteiger partial charge in [-0.05, 0) is 17.7 Å². The molecule has 0 spiro atoms. The van der Waals surface area contributed by atoms with Gasteiger partial charge in [-0.2, -0.15) is 0 Å². The van der Waals surface area contributed by atoms with Gasteiger partial charge in [0.1, 0.15) is 6.04 Å². The molecule has 1 aliphatic heterocycles. The van der Waals surface area contributed by atoms with E-state index in [0.717, 1.165) is 5.56 Å². The first-order chi connectivity index (χ1) is 9.25. The number of anilines is 1. The number of nitrogens with one attached hydrogen (secondary N) is 2. The zero-order valence-electron chi connectivity index (χ0n) is 10.1. The van der Waals surface area contributed by atoms with Gasteiger partial charge < -0.3 is 10.6 Å². The highest BCUT2D eigenvalue weighted by atomic mass is 16.2. The molecule has 0 bridgehead atoms. The number of carbonyl (C=O) groups is 2. The van der Waals surface area contributed by atoms with Crippen LogP contribution in [0.2, 0.25) is 0 Å². The fraction of sp³-hybridized carbons (Fsp3) is 0.0667. The molecule has 19 heavy (non-hydrogen) atoms. The molecule has 1 heterocycles. The molecule has 2 aromatic carbocycles. The van der Waals surface area contributed by atoms with E-state index in [0.29, 0.717) is 11.3 Å². The lowest BCUT2D eigenvalue weighted by molar-refractivity contribution is -0.118. The summed E-state index contributed by atoms with van der Waals surface area (Å²) in [4.78, 5) is 24.3. The summed E-state index contributed by atoms with van der Waals surface area (Å²) in [6.07, 6.45) is 0. The van der Waals surface area contributed by atoms with Gasteiger partial charge in [-0.3, -0.25) is 9.59 Å². The Balaban J connectivity index is 2.01. The zero-order chi connectivity index (χ0) is 13.2. The highest BCUT2D eigenvalue weighted by Gasteiger charge is 2.28. The molecular formula is C15H12N2O2. The Morgan fingerprint density at radius 1 is 0.842 bits per heavy atom. The molecule has 2 aromatic rings. The Morgan fingerprint density at radius 2 is 1.53 bits per heavy atom. The number of amides is 2. The van der Waals surface area contributed by atoms with Gasteiger partial charge in [0.15, 0.2) is 0 Å². The number of hydrogen-bond acceptors (Lipinski definition) is 2. The molecule has 0 unspecified atom stereocenters. The third-order valence-corrected chi connectivity index (χ3v) is 3.10. The quantitative estimate of drug-likeness (QED) is 0.816. The molecule has 2 N–H and O–H groups in total. The summed E-state index contributed by atoms with van der Waals surface area (Å²) in [5.41, 5.74) is 1.79. The van der Waals surface area contributed by atoms with Crippen LogP contribution < -0.4 is 10.6 Å². The van der Waals surface area contributed by atoms with Gasteiger partial charge in [0, 0.05) is 0 Å². The summed E-state index contributed by atoms with van der Waals surface area (Å²) in [6.45, 7) is 0. The van der Waals surface area contributed by atoms with Crippen LogP contribution in [0.3, 0.4) is 0 Å². The number of fused-ring (bicyclic) bond motifs is 1. The molecule has 0 saturated heterocycles. The van der Waals surface area contributed by atoms with E-state index in [4.69, 9.17) is 0 Å². The van der Waals surface area contributed by atoms with Crippen molar-refractivity contribution >= 4 is 17.5 Å². The summed E-state index contributed by atoms with van der Waals surface area (Å²) in [6, 6.07) is 15.5. The first kappa shape index (κ1) is 11.5. The van der Waals surface area contributed by atoms with Crippen LogP contribution in [0, 0.1) is 0 Å². The summed E-state index contributed by atoms with van der Waals surface area (Å²) in [7, 11) is 0. The van der Waals surface area contributed by atoms with Gasteiger partial charge in [0.05, 0.1) is 11.3 Å². The number of rotatable bonds is 1. The topological polar surface area (TPSA) is 58.2 Å². The van der Waals surface area contributed by atoms with Crippen molar-refractivity contribution in [2.24, 2.45) is 0 Å². The molecule has 1 aliphatic rings. The minimum absolute atomic E-state index is 0.232. The van der Waals surface area contributed by atoms with Gasteiger partial charge in [-0.1, -0.05) is 42.5 Å². The minimum Gasteiger partial charge on any atom is -0.336 e. The molecular weight excluding hydrogens is 240 g/mol. The smallest absolute Gasteiger partial charge is 0.254 e. The molecule has 0 fully saturated rings. The van der Waals surface area contributed by atoms with E-state index in [2.05, 4.69) is 10.6 Å². The first-order valence-electron chi connectivity index (χ1n) is 6.01. The molecule has 2 amide bonds. The van der Waals surface area contributed by atoms with Gasteiger partial charge in [0.25, 0.3) is 11.8 Å².